The Hall–Kier alpha value is -0.120. The maximum atomic E-state index is 6.05. The topological polar surface area (TPSA) is 58.1 Å². The first kappa shape index (κ1) is 27.9. The van der Waals surface area contributed by atoms with Gasteiger partial charge in [-0.05, 0) is 46.1 Å². The molecule has 0 aromatic rings. The van der Waals surface area contributed by atoms with Crippen LogP contribution in [0.5, 0.6) is 0 Å². The molecule has 0 aliphatic heterocycles. The van der Waals surface area contributed by atoms with Gasteiger partial charge in [-0.15, -0.1) is 24.0 Å². The van der Waals surface area contributed by atoms with Crippen LogP contribution in [0.1, 0.15) is 64.7 Å². The van der Waals surface area contributed by atoms with Crippen LogP contribution < -0.4 is 10.6 Å². The van der Waals surface area contributed by atoms with Gasteiger partial charge in [0.25, 0.3) is 0 Å². The van der Waals surface area contributed by atoms with Gasteiger partial charge in [0.15, 0.2) is 5.96 Å². The number of nitrogens with one attached hydrogen (secondary N) is 2. The van der Waals surface area contributed by atoms with E-state index in [2.05, 4.69) is 34.5 Å². The quantitative estimate of drug-likeness (QED) is 0.122. The summed E-state index contributed by atoms with van der Waals surface area (Å²) in [5, 5.41) is 6.75. The molecule has 0 unspecified atom stereocenters. The van der Waals surface area contributed by atoms with Gasteiger partial charge in [-0.2, -0.15) is 0 Å². The second kappa shape index (κ2) is 20.2. The highest BCUT2D eigenvalue weighted by Crippen LogP contribution is 2.19. The normalized spacial score (nSPS) is 15.9. The van der Waals surface area contributed by atoms with E-state index in [4.69, 9.17) is 9.47 Å². The van der Waals surface area contributed by atoms with Crippen LogP contribution in [0.25, 0.3) is 0 Å². The third kappa shape index (κ3) is 15.8. The summed E-state index contributed by atoms with van der Waals surface area (Å²) in [4.78, 5) is 7.01. The third-order valence-electron chi connectivity index (χ3n) is 5.00. The lowest BCUT2D eigenvalue weighted by Crippen LogP contribution is -2.41. The predicted molar refractivity (Wildman–Crippen MR) is 130 cm³/mol. The van der Waals surface area contributed by atoms with E-state index in [-0.39, 0.29) is 24.0 Å². The fraction of sp³-hybridized carbons (Fsp3) is 0.952. The molecule has 1 saturated carbocycles. The maximum Gasteiger partial charge on any atom is 0.191 e. The largest absolute Gasteiger partial charge is 0.385 e. The fourth-order valence-electron chi connectivity index (χ4n) is 3.36. The van der Waals surface area contributed by atoms with Gasteiger partial charge in [0.1, 0.15) is 0 Å². The molecule has 7 heteroatoms. The Morgan fingerprint density at radius 1 is 1.00 bits per heavy atom. The molecule has 0 atom stereocenters. The van der Waals surface area contributed by atoms with E-state index in [1.54, 1.807) is 7.11 Å². The number of hydrogen-bond donors (Lipinski definition) is 2. The Morgan fingerprint density at radius 2 is 1.75 bits per heavy atom. The van der Waals surface area contributed by atoms with Crippen molar-refractivity contribution in [3.8, 4) is 0 Å². The fourth-order valence-corrected chi connectivity index (χ4v) is 3.36. The first-order chi connectivity index (χ1) is 13.3. The first-order valence-corrected chi connectivity index (χ1v) is 11.1. The van der Waals surface area contributed by atoms with Crippen LogP contribution in [-0.4, -0.2) is 77.1 Å². The summed E-state index contributed by atoms with van der Waals surface area (Å²) in [6.45, 7) is 8.53. The van der Waals surface area contributed by atoms with Crippen LogP contribution in [0.15, 0.2) is 4.99 Å². The predicted octanol–water partition coefficient (Wildman–Crippen LogP) is 3.65. The summed E-state index contributed by atoms with van der Waals surface area (Å²) < 4.78 is 11.2. The van der Waals surface area contributed by atoms with Crippen molar-refractivity contribution in [1.82, 2.24) is 15.5 Å². The highest BCUT2D eigenvalue weighted by molar-refractivity contribution is 14.0. The summed E-state index contributed by atoms with van der Waals surface area (Å²) in [5.74, 6) is 0.924. The molecule has 0 aromatic heterocycles. The molecule has 1 aliphatic carbocycles. The van der Waals surface area contributed by atoms with Crippen molar-refractivity contribution in [2.24, 2.45) is 4.99 Å². The van der Waals surface area contributed by atoms with Gasteiger partial charge in [-0.25, -0.2) is 0 Å². The van der Waals surface area contributed by atoms with Crippen LogP contribution in [0.3, 0.4) is 0 Å². The van der Waals surface area contributed by atoms with E-state index in [0.29, 0.717) is 6.10 Å². The molecule has 1 fully saturated rings. The lowest BCUT2D eigenvalue weighted by molar-refractivity contribution is 0.0413. The molecule has 28 heavy (non-hydrogen) atoms. The number of hydrogen-bond acceptors (Lipinski definition) is 4. The zero-order chi connectivity index (χ0) is 19.6. The number of rotatable bonds is 14. The number of guanidine groups is 1. The Morgan fingerprint density at radius 3 is 2.43 bits per heavy atom. The second-order valence-corrected chi connectivity index (χ2v) is 7.53. The minimum atomic E-state index is 0. The monoisotopic (exact) mass is 512 g/mol. The lowest BCUT2D eigenvalue weighted by atomic mass is 10.1. The number of aliphatic imine (C=N–C) groups is 1. The molecule has 6 nitrogen and oxygen atoms in total. The first-order valence-electron chi connectivity index (χ1n) is 11.1. The molecular formula is C21H45IN4O2. The summed E-state index contributed by atoms with van der Waals surface area (Å²) in [6.07, 6.45) is 11.7. The molecule has 168 valence electrons. The molecule has 2 N–H and O–H groups in total. The average Bonchev–Trinajstić information content (AvgIpc) is 2.93. The smallest absolute Gasteiger partial charge is 0.191 e. The van der Waals surface area contributed by atoms with Crippen molar-refractivity contribution in [1.29, 1.82) is 0 Å². The highest BCUT2D eigenvalue weighted by atomic mass is 127. The number of halogens is 1. The molecule has 0 radical (unpaired) electrons. The molecule has 0 spiro atoms. The Balaban J connectivity index is 0.00000729. The standard InChI is InChI=1S/C21H44N4O2.HI/c1-4-22-21(24-15-17-25(2)16-11-18-26-3)23-14-9-10-19-27-20-12-7-5-6-8-13-20;/h20H,4-19H2,1-3H3,(H2,22,23,24);1H. The van der Waals surface area contributed by atoms with Crippen LogP contribution in [-0.2, 0) is 9.47 Å². The molecule has 0 aromatic carbocycles. The molecule has 0 bridgehead atoms. The second-order valence-electron chi connectivity index (χ2n) is 7.53. The minimum Gasteiger partial charge on any atom is -0.385 e. The SMILES string of the molecule is CCNC(=NCCCCOC1CCCCCC1)NCCN(C)CCCOC.I. The molecule has 0 heterocycles. The maximum absolute atomic E-state index is 6.05. The van der Waals surface area contributed by atoms with E-state index in [0.717, 1.165) is 71.2 Å². The summed E-state index contributed by atoms with van der Waals surface area (Å²) in [6, 6.07) is 0. The zero-order valence-electron chi connectivity index (χ0n) is 18.5. The van der Waals surface area contributed by atoms with Crippen LogP contribution >= 0.6 is 24.0 Å². The van der Waals surface area contributed by atoms with Gasteiger partial charge in [0, 0.05) is 53.0 Å². The molecular weight excluding hydrogens is 467 g/mol. The molecule has 1 aliphatic rings. The van der Waals surface area contributed by atoms with Crippen molar-refractivity contribution in [2.45, 2.75) is 70.8 Å². The summed E-state index contributed by atoms with van der Waals surface area (Å²) in [5.41, 5.74) is 0. The van der Waals surface area contributed by atoms with Gasteiger partial charge in [0.2, 0.25) is 0 Å². The Kier molecular flexibility index (Phi) is 20.1. The van der Waals surface area contributed by atoms with Crippen molar-refractivity contribution < 1.29 is 9.47 Å². The van der Waals surface area contributed by atoms with Gasteiger partial charge in [-0.3, -0.25) is 4.99 Å². The van der Waals surface area contributed by atoms with Gasteiger partial charge >= 0.3 is 0 Å². The van der Waals surface area contributed by atoms with E-state index >= 15 is 0 Å². The third-order valence-corrected chi connectivity index (χ3v) is 5.00. The summed E-state index contributed by atoms with van der Waals surface area (Å²) in [7, 11) is 3.90. The zero-order valence-corrected chi connectivity index (χ0v) is 20.8. The van der Waals surface area contributed by atoms with Crippen molar-refractivity contribution in [3.05, 3.63) is 0 Å². The van der Waals surface area contributed by atoms with Gasteiger partial charge in [0.05, 0.1) is 6.10 Å². The van der Waals surface area contributed by atoms with Crippen molar-refractivity contribution >= 4 is 29.9 Å². The van der Waals surface area contributed by atoms with E-state index in [1.807, 2.05) is 0 Å². The van der Waals surface area contributed by atoms with E-state index < -0.39 is 0 Å². The minimum absolute atomic E-state index is 0. The van der Waals surface area contributed by atoms with Crippen LogP contribution in [0.2, 0.25) is 0 Å². The summed E-state index contributed by atoms with van der Waals surface area (Å²) >= 11 is 0. The number of nitrogens with zero attached hydrogens (tertiary/aromatic N) is 2. The molecule has 0 amide bonds. The Labute approximate surface area is 190 Å². The van der Waals surface area contributed by atoms with Gasteiger partial charge < -0.3 is 25.0 Å². The van der Waals surface area contributed by atoms with Crippen LogP contribution in [0, 0.1) is 0 Å². The number of unbranched alkanes of at least 4 members (excludes halogenated alkanes) is 1. The molecule has 0 saturated heterocycles. The number of methoxy groups -OCH3 is 1. The van der Waals surface area contributed by atoms with Gasteiger partial charge in [-0.1, -0.05) is 25.7 Å². The average molecular weight is 513 g/mol. The molecule has 1 rings (SSSR count). The Bertz CT molecular complexity index is 364. The lowest BCUT2D eigenvalue weighted by Gasteiger charge is -2.18. The van der Waals surface area contributed by atoms with Crippen LogP contribution in [0.4, 0.5) is 0 Å². The van der Waals surface area contributed by atoms with Crippen molar-refractivity contribution in [3.63, 3.8) is 0 Å². The number of likely N-dealkylation sites (N-methyl/N-ethyl adjacent to an activating group) is 1. The number of ether oxygens (including phenoxy) is 2. The van der Waals surface area contributed by atoms with E-state index in [1.165, 1.54) is 38.5 Å². The van der Waals surface area contributed by atoms with Crippen molar-refractivity contribution in [2.75, 3.05) is 60.1 Å². The van der Waals surface area contributed by atoms with E-state index in [9.17, 15) is 0 Å². The highest BCUT2D eigenvalue weighted by Gasteiger charge is 2.11.